The number of pyridine rings is 1. The third-order valence-electron chi connectivity index (χ3n) is 3.18. The lowest BCUT2D eigenvalue weighted by Gasteiger charge is -2.27. The Morgan fingerprint density at radius 2 is 2.06 bits per heavy atom. The summed E-state index contributed by atoms with van der Waals surface area (Å²) in [6.07, 6.45) is 6.94. The topological polar surface area (TPSA) is 24.9 Å². The molecule has 1 saturated carbocycles. The smallest absolute Gasteiger partial charge is 0.143 e. The summed E-state index contributed by atoms with van der Waals surface area (Å²) in [5, 5.41) is 4.03. The normalized spacial score (nSPS) is 25.4. The van der Waals surface area contributed by atoms with Gasteiger partial charge in [-0.3, -0.25) is 0 Å². The third-order valence-corrected chi connectivity index (χ3v) is 4.32. The van der Waals surface area contributed by atoms with E-state index in [1.165, 1.54) is 25.7 Å². The van der Waals surface area contributed by atoms with Gasteiger partial charge in [-0.1, -0.05) is 18.5 Å². The average Bonchev–Trinajstić information content (AvgIpc) is 2.27. The molecule has 0 radical (unpaired) electrons. The fourth-order valence-corrected chi connectivity index (χ4v) is 2.59. The fraction of sp³-hybridized carbons (Fsp3) is 0.583. The zero-order chi connectivity index (χ0) is 11.5. The van der Waals surface area contributed by atoms with Crippen molar-refractivity contribution in [2.45, 2.75) is 38.6 Å². The first-order chi connectivity index (χ1) is 7.65. The highest BCUT2D eigenvalue weighted by atomic mass is 79.9. The number of halogens is 2. The lowest BCUT2D eigenvalue weighted by molar-refractivity contribution is 0.361. The van der Waals surface area contributed by atoms with Gasteiger partial charge in [0.2, 0.25) is 0 Å². The first-order valence-corrected chi connectivity index (χ1v) is 6.90. The van der Waals surface area contributed by atoms with Gasteiger partial charge in [0.05, 0.1) is 16.4 Å². The highest BCUT2D eigenvalue weighted by Gasteiger charge is 2.18. The second-order valence-electron chi connectivity index (χ2n) is 4.60. The summed E-state index contributed by atoms with van der Waals surface area (Å²) in [6.45, 7) is 2.33. The Labute approximate surface area is 110 Å². The highest BCUT2D eigenvalue weighted by Crippen LogP contribution is 2.28. The Morgan fingerprint density at radius 3 is 2.69 bits per heavy atom. The molecule has 0 spiro atoms. The van der Waals surface area contributed by atoms with Gasteiger partial charge >= 0.3 is 0 Å². The largest absolute Gasteiger partial charge is 0.381 e. The van der Waals surface area contributed by atoms with E-state index in [-0.39, 0.29) is 0 Å². The van der Waals surface area contributed by atoms with Gasteiger partial charge in [-0.25, -0.2) is 4.98 Å². The van der Waals surface area contributed by atoms with Crippen LogP contribution in [0.3, 0.4) is 0 Å². The molecule has 1 aromatic heterocycles. The molecular weight excluding hydrogens is 288 g/mol. The Bertz CT molecular complexity index is 362. The third kappa shape index (κ3) is 3.11. The van der Waals surface area contributed by atoms with Crippen molar-refractivity contribution in [3.63, 3.8) is 0 Å². The van der Waals surface area contributed by atoms with E-state index in [0.29, 0.717) is 11.2 Å². The Balaban J connectivity index is 1.96. The van der Waals surface area contributed by atoms with Crippen molar-refractivity contribution in [2.24, 2.45) is 5.92 Å². The van der Waals surface area contributed by atoms with Gasteiger partial charge in [0.15, 0.2) is 0 Å². The number of nitrogens with one attached hydrogen (secondary N) is 1. The van der Waals surface area contributed by atoms with Crippen LogP contribution in [0.4, 0.5) is 5.69 Å². The van der Waals surface area contributed by atoms with E-state index in [1.54, 1.807) is 6.20 Å². The van der Waals surface area contributed by atoms with Crippen LogP contribution in [0, 0.1) is 5.92 Å². The van der Waals surface area contributed by atoms with Crippen molar-refractivity contribution in [1.82, 2.24) is 4.98 Å². The van der Waals surface area contributed by atoms with Gasteiger partial charge in [0, 0.05) is 6.04 Å². The van der Waals surface area contributed by atoms with E-state index < -0.39 is 0 Å². The molecule has 2 rings (SSSR count). The standard InChI is InChI=1S/C12H16BrClN2/c1-8-2-4-9(5-3-8)16-10-6-11(13)12(14)15-7-10/h6-9,16H,2-5H2,1H3. The molecule has 1 N–H and O–H groups in total. The summed E-state index contributed by atoms with van der Waals surface area (Å²) in [4.78, 5) is 4.12. The number of rotatable bonds is 2. The molecule has 0 bridgehead atoms. The van der Waals surface area contributed by atoms with Gasteiger partial charge in [0.1, 0.15) is 5.15 Å². The summed E-state index contributed by atoms with van der Waals surface area (Å²) in [6, 6.07) is 2.58. The van der Waals surface area contributed by atoms with E-state index >= 15 is 0 Å². The van der Waals surface area contributed by atoms with Crippen molar-refractivity contribution >= 4 is 33.2 Å². The quantitative estimate of drug-likeness (QED) is 0.814. The predicted octanol–water partition coefficient (Wildman–Crippen LogP) is 4.49. The first-order valence-electron chi connectivity index (χ1n) is 5.72. The van der Waals surface area contributed by atoms with E-state index in [9.17, 15) is 0 Å². The SMILES string of the molecule is CC1CCC(Nc2cnc(Cl)c(Br)c2)CC1. The molecule has 1 aromatic rings. The van der Waals surface area contributed by atoms with E-state index in [4.69, 9.17) is 11.6 Å². The zero-order valence-electron chi connectivity index (χ0n) is 9.34. The van der Waals surface area contributed by atoms with Crippen LogP contribution in [0.1, 0.15) is 32.6 Å². The van der Waals surface area contributed by atoms with Crippen LogP contribution in [0.2, 0.25) is 5.15 Å². The molecule has 88 valence electrons. The van der Waals surface area contributed by atoms with Crippen molar-refractivity contribution in [3.05, 3.63) is 21.9 Å². The average molecular weight is 304 g/mol. The first kappa shape index (κ1) is 12.2. The van der Waals surface area contributed by atoms with Crippen molar-refractivity contribution in [1.29, 1.82) is 0 Å². The van der Waals surface area contributed by atoms with E-state index in [1.807, 2.05) is 6.07 Å². The minimum Gasteiger partial charge on any atom is -0.381 e. The molecule has 1 heterocycles. The number of hydrogen-bond donors (Lipinski definition) is 1. The highest BCUT2D eigenvalue weighted by molar-refractivity contribution is 9.10. The molecule has 2 nitrogen and oxygen atoms in total. The van der Waals surface area contributed by atoms with Crippen LogP contribution >= 0.6 is 27.5 Å². The van der Waals surface area contributed by atoms with Gasteiger partial charge in [0.25, 0.3) is 0 Å². The second kappa shape index (κ2) is 5.37. The Hall–Kier alpha value is -0.280. The van der Waals surface area contributed by atoms with Gasteiger partial charge in [-0.15, -0.1) is 0 Å². The van der Waals surface area contributed by atoms with Crippen LogP contribution in [0.25, 0.3) is 0 Å². The maximum Gasteiger partial charge on any atom is 0.143 e. The summed E-state index contributed by atoms with van der Waals surface area (Å²) < 4.78 is 0.850. The van der Waals surface area contributed by atoms with E-state index in [0.717, 1.165) is 16.1 Å². The van der Waals surface area contributed by atoms with Crippen LogP contribution < -0.4 is 5.32 Å². The molecule has 4 heteroatoms. The van der Waals surface area contributed by atoms with Crippen molar-refractivity contribution < 1.29 is 0 Å². The molecule has 0 aromatic carbocycles. The maximum absolute atomic E-state index is 5.86. The molecule has 0 atom stereocenters. The lowest BCUT2D eigenvalue weighted by Crippen LogP contribution is -2.25. The number of anilines is 1. The van der Waals surface area contributed by atoms with Crippen molar-refractivity contribution in [2.75, 3.05) is 5.32 Å². The predicted molar refractivity (Wildman–Crippen MR) is 72.0 cm³/mol. The minimum atomic E-state index is 0.516. The number of nitrogens with zero attached hydrogens (tertiary/aromatic N) is 1. The van der Waals surface area contributed by atoms with Crippen LogP contribution in [-0.4, -0.2) is 11.0 Å². The summed E-state index contributed by atoms with van der Waals surface area (Å²) in [5.74, 6) is 0.883. The molecule has 1 aliphatic rings. The zero-order valence-corrected chi connectivity index (χ0v) is 11.7. The number of hydrogen-bond acceptors (Lipinski definition) is 2. The van der Waals surface area contributed by atoms with Gasteiger partial charge in [-0.05, 0) is 53.6 Å². The summed E-state index contributed by atoms with van der Waals surface area (Å²) in [7, 11) is 0. The molecule has 1 aliphatic carbocycles. The molecule has 0 aliphatic heterocycles. The Kier molecular flexibility index (Phi) is 4.09. The number of aromatic nitrogens is 1. The molecule has 16 heavy (non-hydrogen) atoms. The summed E-state index contributed by atoms with van der Waals surface area (Å²) >= 11 is 9.24. The van der Waals surface area contributed by atoms with Crippen LogP contribution in [-0.2, 0) is 0 Å². The van der Waals surface area contributed by atoms with Gasteiger partial charge in [-0.2, -0.15) is 0 Å². The molecule has 1 fully saturated rings. The summed E-state index contributed by atoms with van der Waals surface area (Å²) in [5.41, 5.74) is 1.05. The van der Waals surface area contributed by atoms with Gasteiger partial charge < -0.3 is 5.32 Å². The lowest BCUT2D eigenvalue weighted by atomic mass is 9.87. The molecule has 0 saturated heterocycles. The fourth-order valence-electron chi connectivity index (χ4n) is 2.14. The molecular formula is C12H16BrClN2. The molecule has 0 unspecified atom stereocenters. The molecule has 0 amide bonds. The van der Waals surface area contributed by atoms with Crippen molar-refractivity contribution in [3.8, 4) is 0 Å². The van der Waals surface area contributed by atoms with E-state index in [2.05, 4.69) is 33.2 Å². The van der Waals surface area contributed by atoms with Crippen LogP contribution in [0.15, 0.2) is 16.7 Å². The minimum absolute atomic E-state index is 0.516. The monoisotopic (exact) mass is 302 g/mol. The second-order valence-corrected chi connectivity index (χ2v) is 5.81. The van der Waals surface area contributed by atoms with Crippen LogP contribution in [0.5, 0.6) is 0 Å². The Morgan fingerprint density at radius 1 is 1.38 bits per heavy atom. The maximum atomic E-state index is 5.86.